The first-order valence-electron chi connectivity index (χ1n) is 5.97. The van der Waals surface area contributed by atoms with Crippen molar-refractivity contribution in [3.63, 3.8) is 0 Å². The zero-order chi connectivity index (χ0) is 14.7. The van der Waals surface area contributed by atoms with E-state index in [1.165, 1.54) is 30.6 Å². The first-order chi connectivity index (χ1) is 9.51. The van der Waals surface area contributed by atoms with Crippen molar-refractivity contribution >= 4 is 23.1 Å². The van der Waals surface area contributed by atoms with E-state index in [9.17, 15) is 14.0 Å². The molecule has 3 nitrogen and oxygen atoms in total. The lowest BCUT2D eigenvalue weighted by molar-refractivity contribution is -0.139. The van der Waals surface area contributed by atoms with E-state index in [1.807, 2.05) is 0 Å². The summed E-state index contributed by atoms with van der Waals surface area (Å²) in [5, 5.41) is 0. The normalized spacial score (nSPS) is 10.3. The van der Waals surface area contributed by atoms with Crippen molar-refractivity contribution in [3.05, 3.63) is 57.0 Å². The largest absolute Gasteiger partial charge is 0.469 e. The molecule has 1 aromatic carbocycles. The van der Waals surface area contributed by atoms with Crippen LogP contribution in [-0.4, -0.2) is 18.9 Å². The number of hydrogen-bond donors (Lipinski definition) is 0. The standard InChI is InChI=1S/C15H13FO3S/c1-9-3-4-10(16)7-12(9)15(18)13-6-5-11(20-13)8-14(17)19-2/h3-7H,8H2,1-2H3. The molecular weight excluding hydrogens is 279 g/mol. The van der Waals surface area contributed by atoms with Crippen molar-refractivity contribution in [1.29, 1.82) is 0 Å². The van der Waals surface area contributed by atoms with Crippen LogP contribution in [0.5, 0.6) is 0 Å². The fraction of sp³-hybridized carbons (Fsp3) is 0.200. The average molecular weight is 292 g/mol. The average Bonchev–Trinajstić information content (AvgIpc) is 2.89. The lowest BCUT2D eigenvalue weighted by Gasteiger charge is -2.03. The van der Waals surface area contributed by atoms with Gasteiger partial charge >= 0.3 is 5.97 Å². The Bertz CT molecular complexity index is 661. The van der Waals surface area contributed by atoms with Crippen LogP contribution in [0.1, 0.15) is 25.7 Å². The Hall–Kier alpha value is -2.01. The van der Waals surface area contributed by atoms with Gasteiger partial charge in [-0.05, 0) is 36.8 Å². The van der Waals surface area contributed by atoms with Gasteiger partial charge in [0.15, 0.2) is 0 Å². The lowest BCUT2D eigenvalue weighted by atomic mass is 10.0. The van der Waals surface area contributed by atoms with E-state index in [1.54, 1.807) is 25.1 Å². The van der Waals surface area contributed by atoms with E-state index in [2.05, 4.69) is 4.74 Å². The molecule has 0 aliphatic rings. The van der Waals surface area contributed by atoms with Crippen LogP contribution >= 0.6 is 11.3 Å². The van der Waals surface area contributed by atoms with Gasteiger partial charge in [-0.25, -0.2) is 4.39 Å². The molecule has 5 heteroatoms. The number of ether oxygens (including phenoxy) is 1. The van der Waals surface area contributed by atoms with E-state index in [0.717, 1.165) is 10.4 Å². The number of esters is 1. The molecule has 0 fully saturated rings. The molecule has 0 bridgehead atoms. The summed E-state index contributed by atoms with van der Waals surface area (Å²) in [6.07, 6.45) is 0.135. The number of rotatable bonds is 4. The molecule has 0 unspecified atom stereocenters. The van der Waals surface area contributed by atoms with E-state index in [4.69, 9.17) is 0 Å². The van der Waals surface area contributed by atoms with E-state index in [0.29, 0.717) is 10.4 Å². The molecular formula is C15H13FO3S. The van der Waals surface area contributed by atoms with Crippen molar-refractivity contribution < 1.29 is 18.7 Å². The van der Waals surface area contributed by atoms with Crippen LogP contribution in [0, 0.1) is 12.7 Å². The summed E-state index contributed by atoms with van der Waals surface area (Å²) < 4.78 is 17.8. The summed E-state index contributed by atoms with van der Waals surface area (Å²) in [7, 11) is 1.32. The summed E-state index contributed by atoms with van der Waals surface area (Å²) in [6, 6.07) is 7.49. The molecule has 0 N–H and O–H groups in total. The third kappa shape index (κ3) is 3.11. The molecule has 0 aliphatic carbocycles. The van der Waals surface area contributed by atoms with Crippen molar-refractivity contribution in [1.82, 2.24) is 0 Å². The Morgan fingerprint density at radius 3 is 2.70 bits per heavy atom. The number of hydrogen-bond acceptors (Lipinski definition) is 4. The Balaban J connectivity index is 2.25. The minimum Gasteiger partial charge on any atom is -0.469 e. The van der Waals surface area contributed by atoms with Crippen LogP contribution in [0.3, 0.4) is 0 Å². The first kappa shape index (κ1) is 14.4. The quantitative estimate of drug-likeness (QED) is 0.642. The molecule has 0 amide bonds. The summed E-state index contributed by atoms with van der Waals surface area (Å²) in [4.78, 5) is 24.7. The smallest absolute Gasteiger partial charge is 0.310 e. The first-order valence-corrected chi connectivity index (χ1v) is 6.79. The van der Waals surface area contributed by atoms with Crippen LogP contribution in [0.25, 0.3) is 0 Å². The lowest BCUT2D eigenvalue weighted by Crippen LogP contribution is -2.03. The Labute approximate surface area is 120 Å². The second-order valence-electron chi connectivity index (χ2n) is 4.31. The molecule has 0 aliphatic heterocycles. The minimum absolute atomic E-state index is 0.135. The zero-order valence-electron chi connectivity index (χ0n) is 11.1. The van der Waals surface area contributed by atoms with Gasteiger partial charge in [0.05, 0.1) is 18.4 Å². The monoisotopic (exact) mass is 292 g/mol. The SMILES string of the molecule is COC(=O)Cc1ccc(C(=O)c2cc(F)ccc2C)s1. The highest BCUT2D eigenvalue weighted by molar-refractivity contribution is 7.14. The highest BCUT2D eigenvalue weighted by atomic mass is 32.1. The highest BCUT2D eigenvalue weighted by Gasteiger charge is 2.16. The van der Waals surface area contributed by atoms with Gasteiger partial charge in [0.25, 0.3) is 0 Å². The summed E-state index contributed by atoms with van der Waals surface area (Å²) in [5.41, 5.74) is 1.07. The Kier molecular flexibility index (Phi) is 4.29. The molecule has 2 aromatic rings. The predicted molar refractivity (Wildman–Crippen MR) is 74.6 cm³/mol. The van der Waals surface area contributed by atoms with Crippen LogP contribution in [0.4, 0.5) is 4.39 Å². The van der Waals surface area contributed by atoms with Crippen molar-refractivity contribution in [3.8, 4) is 0 Å². The van der Waals surface area contributed by atoms with Gasteiger partial charge in [0, 0.05) is 10.4 Å². The van der Waals surface area contributed by atoms with Gasteiger partial charge in [-0.15, -0.1) is 11.3 Å². The molecule has 0 saturated heterocycles. The summed E-state index contributed by atoms with van der Waals surface area (Å²) in [6.45, 7) is 1.76. The molecule has 0 radical (unpaired) electrons. The Morgan fingerprint density at radius 1 is 1.25 bits per heavy atom. The van der Waals surface area contributed by atoms with Crippen molar-refractivity contribution in [2.24, 2.45) is 0 Å². The number of methoxy groups -OCH3 is 1. The zero-order valence-corrected chi connectivity index (χ0v) is 11.9. The van der Waals surface area contributed by atoms with Crippen LogP contribution < -0.4 is 0 Å². The van der Waals surface area contributed by atoms with Gasteiger partial charge < -0.3 is 4.74 Å². The van der Waals surface area contributed by atoms with Crippen molar-refractivity contribution in [2.75, 3.05) is 7.11 Å². The fourth-order valence-electron chi connectivity index (χ4n) is 1.78. The maximum absolute atomic E-state index is 13.2. The van der Waals surface area contributed by atoms with E-state index >= 15 is 0 Å². The summed E-state index contributed by atoms with van der Waals surface area (Å²) >= 11 is 1.22. The molecule has 0 atom stereocenters. The van der Waals surface area contributed by atoms with Crippen molar-refractivity contribution in [2.45, 2.75) is 13.3 Å². The molecule has 1 heterocycles. The number of benzene rings is 1. The molecule has 20 heavy (non-hydrogen) atoms. The molecule has 104 valence electrons. The third-order valence-electron chi connectivity index (χ3n) is 2.88. The molecule has 0 spiro atoms. The molecule has 0 saturated carbocycles. The van der Waals surface area contributed by atoms with Gasteiger partial charge in [0.2, 0.25) is 5.78 Å². The van der Waals surface area contributed by atoms with E-state index in [-0.39, 0.29) is 18.2 Å². The molecule has 1 aromatic heterocycles. The van der Waals surface area contributed by atoms with E-state index < -0.39 is 5.82 Å². The number of halogens is 1. The van der Waals surface area contributed by atoms with Gasteiger partial charge in [-0.2, -0.15) is 0 Å². The summed E-state index contributed by atoms with van der Waals surface area (Å²) in [5.74, 6) is -1.03. The van der Waals surface area contributed by atoms with Gasteiger partial charge in [-0.3, -0.25) is 9.59 Å². The van der Waals surface area contributed by atoms with Crippen LogP contribution in [0.15, 0.2) is 30.3 Å². The third-order valence-corrected chi connectivity index (χ3v) is 3.96. The number of aryl methyl sites for hydroxylation is 1. The number of thiophene rings is 1. The maximum Gasteiger partial charge on any atom is 0.310 e. The highest BCUT2D eigenvalue weighted by Crippen LogP contribution is 2.22. The van der Waals surface area contributed by atoms with Crippen LogP contribution in [0.2, 0.25) is 0 Å². The van der Waals surface area contributed by atoms with Gasteiger partial charge in [-0.1, -0.05) is 6.07 Å². The number of ketones is 1. The van der Waals surface area contributed by atoms with Crippen LogP contribution in [-0.2, 0) is 16.0 Å². The topological polar surface area (TPSA) is 43.4 Å². The van der Waals surface area contributed by atoms with Gasteiger partial charge in [0.1, 0.15) is 5.82 Å². The second-order valence-corrected chi connectivity index (χ2v) is 5.48. The number of carbonyl (C=O) groups excluding carboxylic acids is 2. The fourth-order valence-corrected chi connectivity index (χ4v) is 2.73. The minimum atomic E-state index is -0.440. The predicted octanol–water partition coefficient (Wildman–Crippen LogP) is 3.14. The number of carbonyl (C=O) groups is 2. The molecule has 2 rings (SSSR count). The maximum atomic E-state index is 13.2. The Morgan fingerprint density at radius 2 is 2.00 bits per heavy atom. The second kappa shape index (κ2) is 5.96.